The number of nitrogens with zero attached hydrogens (tertiary/aromatic N) is 1. The predicted octanol–water partition coefficient (Wildman–Crippen LogP) is 4.52. The van der Waals surface area contributed by atoms with Crippen molar-refractivity contribution in [1.29, 1.82) is 0 Å². The van der Waals surface area contributed by atoms with Gasteiger partial charge in [-0.2, -0.15) is 0 Å². The molecule has 1 unspecified atom stereocenters. The van der Waals surface area contributed by atoms with E-state index < -0.39 is 0 Å². The van der Waals surface area contributed by atoms with Gasteiger partial charge in [-0.3, -0.25) is 16.6 Å². The molecule has 0 aliphatic rings. The van der Waals surface area contributed by atoms with Crippen molar-refractivity contribution in [2.75, 3.05) is 7.05 Å². The zero-order chi connectivity index (χ0) is 20.3. The largest absolute Gasteiger partial charge is 0.479 e. The summed E-state index contributed by atoms with van der Waals surface area (Å²) in [6.45, 7) is 20.3. The Morgan fingerprint density at radius 2 is 1.12 bits per heavy atom. The molecule has 1 atom stereocenters. The molecule has 0 saturated heterocycles. The molecule has 1 radical (unpaired) electrons. The number of ketones is 3. The Labute approximate surface area is 181 Å². The molecule has 0 bridgehead atoms. The van der Waals surface area contributed by atoms with E-state index in [0.717, 1.165) is 12.8 Å². The van der Waals surface area contributed by atoms with E-state index in [4.69, 9.17) is 0 Å². The molecule has 4 nitrogen and oxygen atoms in total. The molecule has 0 saturated carbocycles. The molecular weight excluding hydrogens is 391 g/mol. The van der Waals surface area contributed by atoms with Crippen LogP contribution in [0, 0.1) is 24.8 Å². The second-order valence-electron chi connectivity index (χ2n) is 7.47. The van der Waals surface area contributed by atoms with Gasteiger partial charge in [-0.1, -0.05) is 47.6 Å². The summed E-state index contributed by atoms with van der Waals surface area (Å²) in [4.78, 5) is 33.4. The molecule has 0 aliphatic heterocycles. The van der Waals surface area contributed by atoms with E-state index in [1.807, 2.05) is 41.5 Å². The molecular formula is C20H39NO3Y-2. The van der Waals surface area contributed by atoms with Crippen LogP contribution in [0.1, 0.15) is 75.2 Å². The SMILES string of the molecule is CCC(C)(C)C(C)=O.CCC(C)(C)C(C)=O.[CH2-]C(C(C)=O)N([CH2-])C.[Y]. The van der Waals surface area contributed by atoms with E-state index in [-0.39, 0.29) is 66.9 Å². The van der Waals surface area contributed by atoms with Crippen molar-refractivity contribution in [2.45, 2.75) is 81.2 Å². The maximum atomic E-state index is 10.7. The molecule has 0 aliphatic carbocycles. The van der Waals surface area contributed by atoms with Crippen LogP contribution in [0.3, 0.4) is 0 Å². The average Bonchev–Trinajstić information content (AvgIpc) is 2.47. The first-order chi connectivity index (χ1) is 10.6. The number of likely N-dealkylation sites (N-methyl/N-ethyl adjacent to an activating group) is 1. The van der Waals surface area contributed by atoms with Crippen molar-refractivity contribution in [2.24, 2.45) is 10.8 Å². The van der Waals surface area contributed by atoms with Gasteiger partial charge in [0.1, 0.15) is 17.3 Å². The Morgan fingerprint density at radius 1 is 0.880 bits per heavy atom. The van der Waals surface area contributed by atoms with Gasteiger partial charge >= 0.3 is 0 Å². The third-order valence-corrected chi connectivity index (χ3v) is 4.68. The number of hydrogen-bond acceptors (Lipinski definition) is 4. The summed E-state index contributed by atoms with van der Waals surface area (Å²) in [6.07, 6.45) is 1.87. The van der Waals surface area contributed by atoms with Gasteiger partial charge in [-0.25, -0.2) is 0 Å². The number of Topliss-reactive ketones (excluding diaryl/α,β-unsaturated/α-hetero) is 3. The van der Waals surface area contributed by atoms with Gasteiger partial charge in [0.25, 0.3) is 0 Å². The average molecular weight is 430 g/mol. The molecule has 0 fully saturated rings. The monoisotopic (exact) mass is 430 g/mol. The molecule has 0 N–H and O–H groups in total. The van der Waals surface area contributed by atoms with Gasteiger partial charge < -0.3 is 16.6 Å². The van der Waals surface area contributed by atoms with Crippen LogP contribution in [0.5, 0.6) is 0 Å². The molecule has 147 valence electrons. The number of hydrogen-bond donors (Lipinski definition) is 0. The summed E-state index contributed by atoms with van der Waals surface area (Å²) in [6, 6.07) is -0.296. The van der Waals surface area contributed by atoms with Crippen LogP contribution in [0.2, 0.25) is 0 Å². The molecule has 0 aromatic rings. The van der Waals surface area contributed by atoms with Crippen LogP contribution in [0.25, 0.3) is 0 Å². The molecule has 0 aromatic carbocycles. The number of carbonyl (C=O) groups excluding carboxylic acids is 3. The van der Waals surface area contributed by atoms with Crippen LogP contribution >= 0.6 is 0 Å². The van der Waals surface area contributed by atoms with Gasteiger partial charge in [0.15, 0.2) is 0 Å². The summed E-state index contributed by atoms with van der Waals surface area (Å²) in [5, 5.41) is 0. The van der Waals surface area contributed by atoms with Gasteiger partial charge in [0, 0.05) is 43.5 Å². The van der Waals surface area contributed by atoms with Crippen molar-refractivity contribution in [1.82, 2.24) is 4.90 Å². The summed E-state index contributed by atoms with van der Waals surface area (Å²) in [5.41, 5.74) is -0.194. The molecule has 0 amide bonds. The standard InChI is InChI=1S/2C7H14O.C6H11NO.Y/c2*1-5-7(3,4)6(2)8;1-5(6(2)8)7(3)4;/h2*5H2,1-4H3;5H,1,3H2,2,4H3;/q;;-2;. The normalized spacial score (nSPS) is 11.9. The Morgan fingerprint density at radius 3 is 1.12 bits per heavy atom. The van der Waals surface area contributed by atoms with Crippen LogP contribution in [-0.4, -0.2) is 35.3 Å². The smallest absolute Gasteiger partial charge is 0.135 e. The fraction of sp³-hybridized carbons (Fsp3) is 0.750. The molecule has 25 heavy (non-hydrogen) atoms. The first-order valence-corrected chi connectivity index (χ1v) is 8.45. The van der Waals surface area contributed by atoms with E-state index in [1.165, 1.54) is 11.8 Å². The van der Waals surface area contributed by atoms with Crippen molar-refractivity contribution < 1.29 is 47.1 Å². The van der Waals surface area contributed by atoms with Crippen LogP contribution in [-0.2, 0) is 47.1 Å². The predicted molar refractivity (Wildman–Crippen MR) is 102 cm³/mol. The van der Waals surface area contributed by atoms with E-state index in [1.54, 1.807) is 20.9 Å². The van der Waals surface area contributed by atoms with Crippen LogP contribution in [0.4, 0.5) is 0 Å². The first-order valence-electron chi connectivity index (χ1n) is 8.45. The number of rotatable bonds is 6. The van der Waals surface area contributed by atoms with Crippen LogP contribution in [0.15, 0.2) is 0 Å². The van der Waals surface area contributed by atoms with Crippen molar-refractivity contribution in [3.63, 3.8) is 0 Å². The van der Waals surface area contributed by atoms with Crippen LogP contribution < -0.4 is 0 Å². The van der Waals surface area contributed by atoms with Crippen molar-refractivity contribution >= 4 is 17.3 Å². The fourth-order valence-electron chi connectivity index (χ4n) is 0.808. The second kappa shape index (κ2) is 15.2. The number of carbonyl (C=O) groups is 3. The van der Waals surface area contributed by atoms with Gasteiger partial charge in [-0.15, -0.1) is 0 Å². The Kier molecular flexibility index (Phi) is 19.8. The van der Waals surface area contributed by atoms with Gasteiger partial charge in [0.05, 0.1) is 0 Å². The van der Waals surface area contributed by atoms with E-state index in [0.29, 0.717) is 0 Å². The summed E-state index contributed by atoms with van der Waals surface area (Å²) in [7, 11) is 5.23. The maximum absolute atomic E-state index is 10.7. The summed E-state index contributed by atoms with van der Waals surface area (Å²) in [5.74, 6) is 0.600. The first kappa shape index (κ1) is 32.7. The Balaban J connectivity index is -0.000000130. The quantitative estimate of drug-likeness (QED) is 0.582. The molecule has 0 heterocycles. The molecule has 0 rings (SSSR count). The minimum absolute atomic E-state index is 0. The van der Waals surface area contributed by atoms with E-state index in [9.17, 15) is 14.4 Å². The minimum atomic E-state index is -0.296. The topological polar surface area (TPSA) is 54.5 Å². The zero-order valence-corrected chi connectivity index (χ0v) is 21.0. The summed E-state index contributed by atoms with van der Waals surface area (Å²) < 4.78 is 0. The fourth-order valence-corrected chi connectivity index (χ4v) is 0.808. The van der Waals surface area contributed by atoms with Crippen molar-refractivity contribution in [3.8, 4) is 0 Å². The van der Waals surface area contributed by atoms with Crippen molar-refractivity contribution in [3.05, 3.63) is 14.0 Å². The maximum Gasteiger partial charge on any atom is 0.135 e. The molecule has 0 spiro atoms. The molecule has 0 aromatic heterocycles. The minimum Gasteiger partial charge on any atom is -0.479 e. The van der Waals surface area contributed by atoms with Gasteiger partial charge in [-0.05, 0) is 40.7 Å². The van der Waals surface area contributed by atoms with E-state index >= 15 is 0 Å². The zero-order valence-electron chi connectivity index (χ0n) is 18.2. The third kappa shape index (κ3) is 17.3. The Hall–Kier alpha value is 0.0739. The Bertz CT molecular complexity index is 376. The van der Waals surface area contributed by atoms with E-state index in [2.05, 4.69) is 14.0 Å². The second-order valence-corrected chi connectivity index (χ2v) is 7.47. The summed E-state index contributed by atoms with van der Waals surface area (Å²) >= 11 is 0. The third-order valence-electron chi connectivity index (χ3n) is 4.68. The van der Waals surface area contributed by atoms with Gasteiger partial charge in [0.2, 0.25) is 0 Å². The molecule has 5 heteroatoms.